The normalized spacial score (nSPS) is 31.9. The molecule has 1 heterocycles. The van der Waals surface area contributed by atoms with Gasteiger partial charge in [0.2, 0.25) is 0 Å². The lowest BCUT2D eigenvalue weighted by molar-refractivity contribution is 0.170. The van der Waals surface area contributed by atoms with Crippen LogP contribution in [0.25, 0.3) is 0 Å². The molecule has 0 bridgehead atoms. The van der Waals surface area contributed by atoms with Gasteiger partial charge in [-0.05, 0) is 18.0 Å². The van der Waals surface area contributed by atoms with Crippen LogP contribution in [0.4, 0.5) is 0 Å². The molecular formula is C13H19N. The zero-order valence-corrected chi connectivity index (χ0v) is 9.49. The second kappa shape index (κ2) is 3.09. The molecule has 0 aromatic heterocycles. The van der Waals surface area contributed by atoms with E-state index in [4.69, 9.17) is 0 Å². The summed E-state index contributed by atoms with van der Waals surface area (Å²) in [6.07, 6.45) is 11.2. The average molecular weight is 189 g/mol. The van der Waals surface area contributed by atoms with Gasteiger partial charge in [0, 0.05) is 6.04 Å². The number of likely N-dealkylation sites (N-methyl/N-ethyl adjacent to an activating group) is 1. The molecule has 76 valence electrons. The lowest BCUT2D eigenvalue weighted by Gasteiger charge is -2.34. The largest absolute Gasteiger partial charge is 0.289 e. The van der Waals surface area contributed by atoms with Gasteiger partial charge in [-0.3, -0.25) is 4.90 Å². The quantitative estimate of drug-likeness (QED) is 0.566. The summed E-state index contributed by atoms with van der Waals surface area (Å²) in [7, 11) is 2.22. The molecule has 2 aliphatic rings. The minimum absolute atomic E-state index is 0.320. The minimum atomic E-state index is 0.320. The van der Waals surface area contributed by atoms with Crippen LogP contribution in [0.2, 0.25) is 0 Å². The Balaban J connectivity index is 2.30. The molecule has 0 spiro atoms. The molecule has 0 fully saturated rings. The maximum absolute atomic E-state index is 2.45. The molecule has 1 aliphatic heterocycles. The van der Waals surface area contributed by atoms with Gasteiger partial charge in [0.25, 0.3) is 0 Å². The Morgan fingerprint density at radius 2 is 1.93 bits per heavy atom. The molecule has 0 aromatic rings. The summed E-state index contributed by atoms with van der Waals surface area (Å²) in [6, 6.07) is 1.05. The number of allylic oxidation sites excluding steroid dienone is 2. The molecule has 14 heavy (non-hydrogen) atoms. The number of hydrogen-bond acceptors (Lipinski definition) is 1. The molecule has 1 nitrogen and oxygen atoms in total. The van der Waals surface area contributed by atoms with Crippen molar-refractivity contribution in [1.29, 1.82) is 0 Å². The predicted molar refractivity (Wildman–Crippen MR) is 61.2 cm³/mol. The van der Waals surface area contributed by atoms with Crippen molar-refractivity contribution in [3.05, 3.63) is 36.0 Å². The van der Waals surface area contributed by atoms with E-state index in [1.807, 2.05) is 0 Å². The van der Waals surface area contributed by atoms with Crippen LogP contribution in [0.5, 0.6) is 0 Å². The molecular weight excluding hydrogens is 170 g/mol. The zero-order chi connectivity index (χ0) is 10.3. The van der Waals surface area contributed by atoms with Gasteiger partial charge >= 0.3 is 0 Å². The topological polar surface area (TPSA) is 3.24 Å². The maximum atomic E-state index is 2.45. The van der Waals surface area contributed by atoms with Crippen LogP contribution in [0, 0.1) is 5.41 Å². The monoisotopic (exact) mass is 189 g/mol. The highest BCUT2D eigenvalue weighted by atomic mass is 15.2. The van der Waals surface area contributed by atoms with Gasteiger partial charge < -0.3 is 0 Å². The Labute approximate surface area is 86.8 Å². The fourth-order valence-corrected chi connectivity index (χ4v) is 2.40. The molecule has 2 rings (SSSR count). The Morgan fingerprint density at radius 1 is 1.21 bits per heavy atom. The third-order valence-corrected chi connectivity index (χ3v) is 3.15. The summed E-state index contributed by atoms with van der Waals surface area (Å²) in [4.78, 5) is 2.45. The van der Waals surface area contributed by atoms with Gasteiger partial charge in [-0.1, -0.05) is 51.2 Å². The first-order valence-electron chi connectivity index (χ1n) is 5.28. The molecule has 0 saturated carbocycles. The van der Waals surface area contributed by atoms with Crippen molar-refractivity contribution in [3.8, 4) is 0 Å². The first-order chi connectivity index (χ1) is 6.50. The second-order valence-electron chi connectivity index (χ2n) is 5.33. The minimum Gasteiger partial charge on any atom is -0.289 e. The van der Waals surface area contributed by atoms with Gasteiger partial charge in [0.15, 0.2) is 0 Å². The van der Waals surface area contributed by atoms with E-state index in [-0.39, 0.29) is 0 Å². The smallest absolute Gasteiger partial charge is 0.0534 e. The number of hydrogen-bond donors (Lipinski definition) is 0. The van der Waals surface area contributed by atoms with Crippen molar-refractivity contribution in [1.82, 2.24) is 4.90 Å². The van der Waals surface area contributed by atoms with Gasteiger partial charge in [0.05, 0.1) is 6.04 Å². The van der Waals surface area contributed by atoms with Gasteiger partial charge in [-0.2, -0.15) is 0 Å². The van der Waals surface area contributed by atoms with Crippen LogP contribution in [-0.2, 0) is 0 Å². The summed E-state index contributed by atoms with van der Waals surface area (Å²) in [5.74, 6) is 0. The van der Waals surface area contributed by atoms with Gasteiger partial charge in [-0.25, -0.2) is 0 Å². The molecule has 2 unspecified atom stereocenters. The van der Waals surface area contributed by atoms with E-state index >= 15 is 0 Å². The summed E-state index contributed by atoms with van der Waals surface area (Å²) < 4.78 is 0. The van der Waals surface area contributed by atoms with Crippen molar-refractivity contribution < 1.29 is 0 Å². The third kappa shape index (κ3) is 1.46. The zero-order valence-electron chi connectivity index (χ0n) is 9.49. The Bertz CT molecular complexity index is 315. The van der Waals surface area contributed by atoms with Crippen molar-refractivity contribution in [2.45, 2.75) is 32.9 Å². The maximum Gasteiger partial charge on any atom is 0.0534 e. The van der Waals surface area contributed by atoms with Crippen LogP contribution < -0.4 is 0 Å². The predicted octanol–water partition coefficient (Wildman–Crippen LogP) is 2.77. The van der Waals surface area contributed by atoms with E-state index in [0.717, 1.165) is 0 Å². The standard InChI is InChI=1S/C13H19N/c1-13(2,3)12-9-10-7-5-6-8-11(10)14(12)4/h5-9,11-12H,1-4H3. The first-order valence-corrected chi connectivity index (χ1v) is 5.28. The van der Waals surface area contributed by atoms with Crippen molar-refractivity contribution in [2.75, 3.05) is 7.05 Å². The molecule has 0 radical (unpaired) electrons. The average Bonchev–Trinajstić information content (AvgIpc) is 2.44. The summed E-state index contributed by atoms with van der Waals surface area (Å²) >= 11 is 0. The Kier molecular flexibility index (Phi) is 2.15. The number of fused-ring (bicyclic) bond motifs is 1. The molecule has 2 atom stereocenters. The highest BCUT2D eigenvalue weighted by molar-refractivity contribution is 5.41. The Morgan fingerprint density at radius 3 is 2.50 bits per heavy atom. The SMILES string of the molecule is CN1C2C=CC=CC2=CC1C(C)(C)C. The molecule has 0 aromatic carbocycles. The van der Waals surface area contributed by atoms with Crippen LogP contribution in [0.15, 0.2) is 36.0 Å². The molecule has 1 aliphatic carbocycles. The number of nitrogens with zero attached hydrogens (tertiary/aromatic N) is 1. The van der Waals surface area contributed by atoms with Crippen LogP contribution in [0.3, 0.4) is 0 Å². The lowest BCUT2D eigenvalue weighted by Crippen LogP contribution is -2.41. The highest BCUT2D eigenvalue weighted by Crippen LogP contribution is 2.35. The van der Waals surface area contributed by atoms with E-state index in [9.17, 15) is 0 Å². The van der Waals surface area contributed by atoms with Crippen molar-refractivity contribution in [2.24, 2.45) is 5.41 Å². The van der Waals surface area contributed by atoms with Gasteiger partial charge in [0.1, 0.15) is 0 Å². The van der Waals surface area contributed by atoms with Crippen molar-refractivity contribution in [3.63, 3.8) is 0 Å². The lowest BCUT2D eigenvalue weighted by atomic mass is 9.86. The molecule has 1 heteroatoms. The number of rotatable bonds is 0. The van der Waals surface area contributed by atoms with E-state index < -0.39 is 0 Å². The summed E-state index contributed by atoms with van der Waals surface area (Å²) in [6.45, 7) is 6.90. The summed E-state index contributed by atoms with van der Waals surface area (Å²) in [5.41, 5.74) is 1.77. The fraction of sp³-hybridized carbons (Fsp3) is 0.538. The van der Waals surface area contributed by atoms with Crippen LogP contribution in [0.1, 0.15) is 20.8 Å². The second-order valence-corrected chi connectivity index (χ2v) is 5.33. The van der Waals surface area contributed by atoms with Crippen molar-refractivity contribution >= 4 is 0 Å². The van der Waals surface area contributed by atoms with E-state index in [2.05, 4.69) is 63.1 Å². The first kappa shape index (κ1) is 9.72. The van der Waals surface area contributed by atoms with E-state index in [0.29, 0.717) is 17.5 Å². The summed E-state index contributed by atoms with van der Waals surface area (Å²) in [5, 5.41) is 0. The fourth-order valence-electron chi connectivity index (χ4n) is 2.40. The van der Waals surface area contributed by atoms with Crippen LogP contribution >= 0.6 is 0 Å². The molecule has 0 amide bonds. The van der Waals surface area contributed by atoms with E-state index in [1.165, 1.54) is 5.57 Å². The Hall–Kier alpha value is -0.820. The van der Waals surface area contributed by atoms with E-state index in [1.54, 1.807) is 0 Å². The highest BCUT2D eigenvalue weighted by Gasteiger charge is 2.36. The van der Waals surface area contributed by atoms with Gasteiger partial charge in [-0.15, -0.1) is 0 Å². The third-order valence-electron chi connectivity index (χ3n) is 3.15. The van der Waals surface area contributed by atoms with Crippen LogP contribution in [-0.4, -0.2) is 24.0 Å². The molecule has 0 saturated heterocycles. The molecule has 0 N–H and O–H groups in total.